The molecule has 4 unspecified atom stereocenters. The number of pyridine rings is 1. The largest absolute Gasteiger partial charge is 0.389 e. The van der Waals surface area contributed by atoms with Gasteiger partial charge in [0.25, 0.3) is 0 Å². The Bertz CT molecular complexity index is 900. The van der Waals surface area contributed by atoms with E-state index in [1.54, 1.807) is 0 Å². The van der Waals surface area contributed by atoms with Crippen LogP contribution in [0.1, 0.15) is 45.0 Å². The maximum atomic E-state index is 10.1. The van der Waals surface area contributed by atoms with E-state index in [4.69, 9.17) is 14.8 Å². The van der Waals surface area contributed by atoms with Gasteiger partial charge in [-0.15, -0.1) is 5.10 Å². The second-order valence-electron chi connectivity index (χ2n) is 9.76. The van der Waals surface area contributed by atoms with Crippen LogP contribution in [0, 0.1) is 18.8 Å². The summed E-state index contributed by atoms with van der Waals surface area (Å²) in [5, 5.41) is 18.5. The highest BCUT2D eigenvalue weighted by molar-refractivity contribution is 5.57. The highest BCUT2D eigenvalue weighted by Crippen LogP contribution is 2.54. The highest BCUT2D eigenvalue weighted by Gasteiger charge is 2.64. The lowest BCUT2D eigenvalue weighted by molar-refractivity contribution is -0.0484. The number of fused-ring (bicyclic) bond motifs is 2. The number of anilines is 1. The van der Waals surface area contributed by atoms with Crippen LogP contribution < -0.4 is 10.2 Å². The van der Waals surface area contributed by atoms with Gasteiger partial charge in [-0.05, 0) is 51.2 Å². The molecule has 3 aliphatic heterocycles. The molecule has 0 radical (unpaired) electrons. The summed E-state index contributed by atoms with van der Waals surface area (Å²) >= 11 is 0. The number of nitrogens with one attached hydrogen (secondary N) is 1. The van der Waals surface area contributed by atoms with Crippen molar-refractivity contribution in [3.8, 4) is 0 Å². The molecular weight excluding hydrogens is 354 g/mol. The molecule has 1 aliphatic carbocycles. The summed E-state index contributed by atoms with van der Waals surface area (Å²) in [6.07, 6.45) is 4.30. The molecule has 6 rings (SSSR count). The van der Waals surface area contributed by atoms with E-state index < -0.39 is 11.2 Å². The Kier molecular flexibility index (Phi) is 4.03. The van der Waals surface area contributed by atoms with E-state index >= 15 is 0 Å². The molecule has 4 aliphatic rings. The van der Waals surface area contributed by atoms with Crippen LogP contribution in [0.2, 0.25) is 0 Å². The number of hydrogen-bond donors (Lipinski definition) is 2. The summed E-state index contributed by atoms with van der Waals surface area (Å²) in [5.74, 6) is 1.98. The van der Waals surface area contributed by atoms with Crippen molar-refractivity contribution in [2.45, 2.75) is 57.8 Å². The molecule has 4 atom stereocenters. The average Bonchev–Trinajstić information content (AvgIpc) is 3.35. The number of aryl methyl sites for hydroxylation is 1. The van der Waals surface area contributed by atoms with Crippen molar-refractivity contribution >= 4 is 11.3 Å². The quantitative estimate of drug-likeness (QED) is 0.818. The molecule has 4 fully saturated rings. The van der Waals surface area contributed by atoms with Crippen molar-refractivity contribution in [3.63, 3.8) is 0 Å². The summed E-state index contributed by atoms with van der Waals surface area (Å²) in [7, 11) is 0. The third-order valence-electron chi connectivity index (χ3n) is 6.62. The van der Waals surface area contributed by atoms with E-state index in [0.717, 1.165) is 49.1 Å². The molecule has 0 aromatic carbocycles. The smallest absolute Gasteiger partial charge is 0.185 e. The number of ether oxygens (including phenoxy) is 1. The lowest BCUT2D eigenvalue weighted by Gasteiger charge is -2.44. The van der Waals surface area contributed by atoms with Crippen LogP contribution in [0.15, 0.2) is 12.3 Å². The van der Waals surface area contributed by atoms with Crippen LogP contribution in [0.3, 0.4) is 0 Å². The van der Waals surface area contributed by atoms with Crippen LogP contribution in [0.25, 0.3) is 5.65 Å². The molecule has 1 saturated carbocycles. The Labute approximate surface area is 166 Å². The highest BCUT2D eigenvalue weighted by atomic mass is 16.5. The number of aromatic nitrogens is 3. The van der Waals surface area contributed by atoms with Crippen molar-refractivity contribution in [3.05, 3.63) is 23.7 Å². The molecule has 2 aromatic rings. The van der Waals surface area contributed by atoms with Crippen LogP contribution in [-0.2, 0) is 10.3 Å². The van der Waals surface area contributed by atoms with Crippen LogP contribution in [0.4, 0.5) is 5.69 Å². The first-order valence-corrected chi connectivity index (χ1v) is 10.5. The molecule has 7 nitrogen and oxygen atoms in total. The molecular formula is C21H31N5O2. The summed E-state index contributed by atoms with van der Waals surface area (Å²) in [5.41, 5.74) is 2.05. The van der Waals surface area contributed by atoms with Crippen LogP contribution in [-0.4, -0.2) is 57.6 Å². The van der Waals surface area contributed by atoms with Gasteiger partial charge in [-0.3, -0.25) is 0 Å². The fraction of sp³-hybridized carbons (Fsp3) is 0.714. The van der Waals surface area contributed by atoms with Crippen molar-refractivity contribution < 1.29 is 9.84 Å². The number of nitrogens with zero attached hydrogens (tertiary/aromatic N) is 4. The van der Waals surface area contributed by atoms with Gasteiger partial charge in [-0.1, -0.05) is 6.92 Å². The summed E-state index contributed by atoms with van der Waals surface area (Å²) in [6.45, 7) is 11.5. The van der Waals surface area contributed by atoms with Gasteiger partial charge in [0.05, 0.1) is 24.1 Å². The normalized spacial score (nSPS) is 32.3. The molecule has 2 aromatic heterocycles. The molecule has 152 valence electrons. The van der Waals surface area contributed by atoms with Gasteiger partial charge in [-0.25, -0.2) is 9.50 Å². The van der Waals surface area contributed by atoms with Crippen LogP contribution >= 0.6 is 0 Å². The monoisotopic (exact) mass is 385 g/mol. The van der Waals surface area contributed by atoms with Crippen molar-refractivity contribution in [1.29, 1.82) is 0 Å². The zero-order valence-electron chi connectivity index (χ0n) is 17.3. The fourth-order valence-electron chi connectivity index (χ4n) is 5.05. The van der Waals surface area contributed by atoms with Gasteiger partial charge in [-0.2, -0.15) is 0 Å². The topological polar surface area (TPSA) is 74.9 Å². The molecule has 28 heavy (non-hydrogen) atoms. The zero-order valence-corrected chi connectivity index (χ0v) is 17.3. The maximum Gasteiger partial charge on any atom is 0.185 e. The van der Waals surface area contributed by atoms with Gasteiger partial charge < -0.3 is 20.1 Å². The Hall–Kier alpha value is -1.70. The van der Waals surface area contributed by atoms with Crippen molar-refractivity contribution in [1.82, 2.24) is 19.9 Å². The molecule has 2 N–H and O–H groups in total. The van der Waals surface area contributed by atoms with Gasteiger partial charge in [0, 0.05) is 31.6 Å². The molecule has 0 spiro atoms. The minimum Gasteiger partial charge on any atom is -0.389 e. The summed E-state index contributed by atoms with van der Waals surface area (Å²) in [6, 6.07) is 2.39. The predicted molar refractivity (Wildman–Crippen MR) is 108 cm³/mol. The maximum absolute atomic E-state index is 10.1. The third-order valence-corrected chi connectivity index (χ3v) is 6.62. The first-order chi connectivity index (χ1) is 13.2. The number of aliphatic hydroxyl groups is 1. The van der Waals surface area contributed by atoms with E-state index in [9.17, 15) is 5.11 Å². The first kappa shape index (κ1) is 18.3. The lowest BCUT2D eigenvalue weighted by Crippen LogP contribution is -2.60. The molecule has 0 amide bonds. The van der Waals surface area contributed by atoms with Gasteiger partial charge in [0.2, 0.25) is 0 Å². The predicted octanol–water partition coefficient (Wildman–Crippen LogP) is 1.86. The Morgan fingerprint density at radius 2 is 2.25 bits per heavy atom. The summed E-state index contributed by atoms with van der Waals surface area (Å²) < 4.78 is 8.13. The van der Waals surface area contributed by atoms with E-state index in [-0.39, 0.29) is 6.04 Å². The SMILES string of the molecule is Cc1cc(N2CCC(C)C2)cn2nc(C34CC(CO3)C4NCC(C)(C)O)nc12. The average molecular weight is 386 g/mol. The minimum absolute atomic E-state index is 0.163. The van der Waals surface area contributed by atoms with Crippen molar-refractivity contribution in [2.75, 3.05) is 31.1 Å². The Balaban J connectivity index is 1.45. The third kappa shape index (κ3) is 2.83. The first-order valence-electron chi connectivity index (χ1n) is 10.5. The van der Waals surface area contributed by atoms with Gasteiger partial charge in [0.1, 0.15) is 5.60 Å². The van der Waals surface area contributed by atoms with E-state index in [1.807, 2.05) is 18.4 Å². The summed E-state index contributed by atoms with van der Waals surface area (Å²) in [4.78, 5) is 7.33. The molecule has 3 saturated heterocycles. The second-order valence-corrected chi connectivity index (χ2v) is 9.76. The second kappa shape index (κ2) is 6.15. The van der Waals surface area contributed by atoms with Crippen molar-refractivity contribution in [2.24, 2.45) is 11.8 Å². The van der Waals surface area contributed by atoms with Gasteiger partial charge >= 0.3 is 0 Å². The van der Waals surface area contributed by atoms with E-state index in [1.165, 1.54) is 12.1 Å². The van der Waals surface area contributed by atoms with Gasteiger partial charge in [0.15, 0.2) is 11.5 Å². The van der Waals surface area contributed by atoms with E-state index in [2.05, 4.69) is 36.3 Å². The van der Waals surface area contributed by atoms with E-state index in [0.29, 0.717) is 12.5 Å². The minimum atomic E-state index is -0.749. The lowest BCUT2D eigenvalue weighted by atomic mass is 9.68. The zero-order chi connectivity index (χ0) is 19.7. The number of rotatable bonds is 5. The fourth-order valence-corrected chi connectivity index (χ4v) is 5.05. The molecule has 2 bridgehead atoms. The molecule has 7 heteroatoms. The molecule has 5 heterocycles. The number of hydrogen-bond acceptors (Lipinski definition) is 6. The Morgan fingerprint density at radius 3 is 2.93 bits per heavy atom. The standard InChI is InChI=1S/C21H31N5O2/c1-13-5-6-25(9-13)16-7-14(2)18-23-19(24-26(18)10-16)21-8-15(11-28-21)17(21)22-12-20(3,4)27/h7,10,13,15,17,22,27H,5-6,8-9,11-12H2,1-4H3. The van der Waals surface area contributed by atoms with Crippen LogP contribution in [0.5, 0.6) is 0 Å². The Morgan fingerprint density at radius 1 is 1.43 bits per heavy atom.